The van der Waals surface area contributed by atoms with Crippen molar-refractivity contribution in [1.82, 2.24) is 16.0 Å². The number of rotatable bonds is 3. The molecule has 0 saturated carbocycles. The number of thioether (sulfide) groups is 1. The lowest BCUT2D eigenvalue weighted by molar-refractivity contribution is 0.231. The Morgan fingerprint density at radius 1 is 1.18 bits per heavy atom. The van der Waals surface area contributed by atoms with Crippen molar-refractivity contribution < 1.29 is 4.79 Å². The van der Waals surface area contributed by atoms with Crippen molar-refractivity contribution in [2.24, 2.45) is 5.92 Å². The minimum absolute atomic E-state index is 0.0233. The summed E-state index contributed by atoms with van der Waals surface area (Å²) in [6.07, 6.45) is 4.59. The Kier molecular flexibility index (Phi) is 5.45. The standard InChI is InChI=1S/C12H23N3OS/c16-12(15-11-1-5-13-6-2-11)14-9-10-3-7-17-8-4-10/h10-11,13H,1-9H2,(H2,14,15,16). The molecule has 2 amide bonds. The van der Waals surface area contributed by atoms with Gasteiger partial charge in [-0.05, 0) is 56.2 Å². The Morgan fingerprint density at radius 3 is 2.59 bits per heavy atom. The minimum atomic E-state index is 0.0233. The summed E-state index contributed by atoms with van der Waals surface area (Å²) in [4.78, 5) is 11.7. The molecule has 0 aromatic carbocycles. The lowest BCUT2D eigenvalue weighted by Gasteiger charge is -2.25. The number of nitrogens with one attached hydrogen (secondary N) is 3. The van der Waals surface area contributed by atoms with Gasteiger partial charge in [0, 0.05) is 12.6 Å². The molecule has 2 rings (SSSR count). The Bertz CT molecular complexity index is 238. The van der Waals surface area contributed by atoms with Crippen molar-refractivity contribution in [3.8, 4) is 0 Å². The van der Waals surface area contributed by atoms with E-state index in [-0.39, 0.29) is 6.03 Å². The molecule has 2 aliphatic heterocycles. The Balaban J connectivity index is 1.59. The van der Waals surface area contributed by atoms with E-state index in [1.807, 2.05) is 11.8 Å². The fourth-order valence-electron chi connectivity index (χ4n) is 2.39. The van der Waals surface area contributed by atoms with E-state index in [0.717, 1.165) is 32.5 Å². The average Bonchev–Trinajstić information content (AvgIpc) is 2.39. The highest BCUT2D eigenvalue weighted by atomic mass is 32.2. The summed E-state index contributed by atoms with van der Waals surface area (Å²) in [5.41, 5.74) is 0. The number of piperidine rings is 1. The van der Waals surface area contributed by atoms with E-state index in [0.29, 0.717) is 12.0 Å². The molecule has 0 spiro atoms. The van der Waals surface area contributed by atoms with Crippen molar-refractivity contribution in [2.75, 3.05) is 31.1 Å². The predicted molar refractivity (Wildman–Crippen MR) is 72.5 cm³/mol. The van der Waals surface area contributed by atoms with Crippen LogP contribution in [0, 0.1) is 5.92 Å². The van der Waals surface area contributed by atoms with E-state index in [4.69, 9.17) is 0 Å². The topological polar surface area (TPSA) is 53.2 Å². The van der Waals surface area contributed by atoms with Gasteiger partial charge in [0.15, 0.2) is 0 Å². The van der Waals surface area contributed by atoms with E-state index in [2.05, 4.69) is 16.0 Å². The Morgan fingerprint density at radius 2 is 1.88 bits per heavy atom. The first-order chi connectivity index (χ1) is 8.34. The van der Waals surface area contributed by atoms with Gasteiger partial charge >= 0.3 is 6.03 Å². The highest BCUT2D eigenvalue weighted by molar-refractivity contribution is 7.99. The van der Waals surface area contributed by atoms with E-state index in [9.17, 15) is 4.79 Å². The van der Waals surface area contributed by atoms with Crippen molar-refractivity contribution in [1.29, 1.82) is 0 Å². The van der Waals surface area contributed by atoms with Gasteiger partial charge in [-0.2, -0.15) is 11.8 Å². The summed E-state index contributed by atoms with van der Waals surface area (Å²) in [6, 6.07) is 0.383. The van der Waals surface area contributed by atoms with Crippen LogP contribution in [-0.4, -0.2) is 43.2 Å². The summed E-state index contributed by atoms with van der Waals surface area (Å²) in [5, 5.41) is 9.38. The molecule has 4 nitrogen and oxygen atoms in total. The number of carbonyl (C=O) groups excluding carboxylic acids is 1. The number of hydrogen-bond acceptors (Lipinski definition) is 3. The maximum atomic E-state index is 11.7. The van der Waals surface area contributed by atoms with Gasteiger partial charge in [0.2, 0.25) is 0 Å². The first-order valence-corrected chi connectivity index (χ1v) is 7.83. The van der Waals surface area contributed by atoms with Crippen molar-refractivity contribution in [2.45, 2.75) is 31.7 Å². The van der Waals surface area contributed by atoms with Crippen LogP contribution in [0.15, 0.2) is 0 Å². The third-order valence-corrected chi connectivity index (χ3v) is 4.62. The van der Waals surface area contributed by atoms with Gasteiger partial charge in [0.05, 0.1) is 0 Å². The lowest BCUT2D eigenvalue weighted by atomic mass is 10.0. The first-order valence-electron chi connectivity index (χ1n) is 6.67. The maximum absolute atomic E-state index is 11.7. The van der Waals surface area contributed by atoms with Gasteiger partial charge in [-0.15, -0.1) is 0 Å². The molecule has 0 radical (unpaired) electrons. The number of hydrogen-bond donors (Lipinski definition) is 3. The van der Waals surface area contributed by atoms with Crippen LogP contribution in [0.3, 0.4) is 0 Å². The van der Waals surface area contributed by atoms with Gasteiger partial charge < -0.3 is 16.0 Å². The average molecular weight is 257 g/mol. The fraction of sp³-hybridized carbons (Fsp3) is 0.917. The number of urea groups is 1. The van der Waals surface area contributed by atoms with Crippen LogP contribution in [0.5, 0.6) is 0 Å². The minimum Gasteiger partial charge on any atom is -0.338 e. The molecule has 2 fully saturated rings. The van der Waals surface area contributed by atoms with Crippen LogP contribution < -0.4 is 16.0 Å². The smallest absolute Gasteiger partial charge is 0.315 e. The zero-order chi connectivity index (χ0) is 11.9. The van der Waals surface area contributed by atoms with Crippen LogP contribution in [0.25, 0.3) is 0 Å². The maximum Gasteiger partial charge on any atom is 0.315 e. The third kappa shape index (κ3) is 4.76. The SMILES string of the molecule is O=C(NCC1CCSCC1)NC1CCNCC1. The molecule has 2 heterocycles. The fourth-order valence-corrected chi connectivity index (χ4v) is 3.59. The molecule has 2 saturated heterocycles. The normalized spacial score (nSPS) is 23.3. The molecular weight excluding hydrogens is 234 g/mol. The van der Waals surface area contributed by atoms with E-state index >= 15 is 0 Å². The predicted octanol–water partition coefficient (Wildman–Crippen LogP) is 1.18. The second kappa shape index (κ2) is 7.11. The molecule has 3 N–H and O–H groups in total. The molecule has 98 valence electrons. The van der Waals surface area contributed by atoms with Crippen molar-refractivity contribution >= 4 is 17.8 Å². The van der Waals surface area contributed by atoms with E-state index in [1.54, 1.807) is 0 Å². The molecule has 0 aliphatic carbocycles. The molecule has 0 aromatic rings. The van der Waals surface area contributed by atoms with Crippen LogP contribution in [-0.2, 0) is 0 Å². The largest absolute Gasteiger partial charge is 0.338 e. The summed E-state index contributed by atoms with van der Waals surface area (Å²) in [7, 11) is 0. The van der Waals surface area contributed by atoms with E-state index in [1.165, 1.54) is 24.3 Å². The van der Waals surface area contributed by atoms with Crippen molar-refractivity contribution in [3.63, 3.8) is 0 Å². The highest BCUT2D eigenvalue weighted by Gasteiger charge is 2.17. The molecule has 2 aliphatic rings. The molecule has 0 bridgehead atoms. The number of carbonyl (C=O) groups is 1. The number of amides is 2. The zero-order valence-electron chi connectivity index (χ0n) is 10.3. The molecule has 0 atom stereocenters. The van der Waals surface area contributed by atoms with Gasteiger partial charge in [0.1, 0.15) is 0 Å². The first kappa shape index (κ1) is 13.0. The second-order valence-electron chi connectivity index (χ2n) is 4.93. The molecule has 0 unspecified atom stereocenters. The zero-order valence-corrected chi connectivity index (χ0v) is 11.2. The van der Waals surface area contributed by atoms with Crippen LogP contribution in [0.2, 0.25) is 0 Å². The summed E-state index contributed by atoms with van der Waals surface area (Å²) < 4.78 is 0. The van der Waals surface area contributed by atoms with Crippen LogP contribution in [0.4, 0.5) is 4.79 Å². The molecule has 0 aromatic heterocycles. The monoisotopic (exact) mass is 257 g/mol. The summed E-state index contributed by atoms with van der Waals surface area (Å²) >= 11 is 2.03. The van der Waals surface area contributed by atoms with Gasteiger partial charge in [-0.3, -0.25) is 0 Å². The Labute approximate surface area is 108 Å². The van der Waals surface area contributed by atoms with E-state index < -0.39 is 0 Å². The molecular formula is C12H23N3OS. The van der Waals surface area contributed by atoms with Crippen LogP contribution in [0.1, 0.15) is 25.7 Å². The summed E-state index contributed by atoms with van der Waals surface area (Å²) in [6.45, 7) is 2.88. The summed E-state index contributed by atoms with van der Waals surface area (Å²) in [5.74, 6) is 3.19. The van der Waals surface area contributed by atoms with Gasteiger partial charge in [-0.25, -0.2) is 4.79 Å². The van der Waals surface area contributed by atoms with Gasteiger partial charge in [-0.1, -0.05) is 0 Å². The molecule has 5 heteroatoms. The Hall–Kier alpha value is -0.420. The highest BCUT2D eigenvalue weighted by Crippen LogP contribution is 2.21. The van der Waals surface area contributed by atoms with Gasteiger partial charge in [0.25, 0.3) is 0 Å². The third-order valence-electron chi connectivity index (χ3n) is 3.57. The molecule has 17 heavy (non-hydrogen) atoms. The second-order valence-corrected chi connectivity index (χ2v) is 6.16. The quantitative estimate of drug-likeness (QED) is 0.711. The lowest BCUT2D eigenvalue weighted by Crippen LogP contribution is -2.47. The van der Waals surface area contributed by atoms with Crippen molar-refractivity contribution in [3.05, 3.63) is 0 Å². The van der Waals surface area contributed by atoms with Crippen LogP contribution >= 0.6 is 11.8 Å².